The number of carbonyl (C=O) groups excluding carboxylic acids is 6. The maximum absolute atomic E-state index is 12.4. The Bertz CT molecular complexity index is 2170. The van der Waals surface area contributed by atoms with Crippen LogP contribution < -0.4 is 19.5 Å². The molecule has 0 aromatic rings. The molecule has 0 saturated heterocycles. The van der Waals surface area contributed by atoms with Gasteiger partial charge in [-0.1, -0.05) is 61.5 Å². The van der Waals surface area contributed by atoms with Crippen LogP contribution in [0.1, 0.15) is 188 Å². The van der Waals surface area contributed by atoms with E-state index < -0.39 is 115 Å². The van der Waals surface area contributed by atoms with Crippen molar-refractivity contribution >= 4 is 65.8 Å². The number of ether oxygens (including phenoxy) is 3. The van der Waals surface area contributed by atoms with E-state index in [-0.39, 0.29) is 47.0 Å². The first-order chi connectivity index (χ1) is 30.0. The number of rotatable bonds is 19. The summed E-state index contributed by atoms with van der Waals surface area (Å²) in [5, 5.41) is 1.04. The summed E-state index contributed by atoms with van der Waals surface area (Å²) in [6.45, 7) is 23.2. The molecule has 5 aliphatic rings. The van der Waals surface area contributed by atoms with Gasteiger partial charge in [-0.2, -0.15) is 0 Å². The molecule has 0 bridgehead atoms. The van der Waals surface area contributed by atoms with E-state index in [9.17, 15) is 54.0 Å². The minimum absolute atomic E-state index is 0. The number of sulfonamides is 3. The van der Waals surface area contributed by atoms with Crippen molar-refractivity contribution in [1.82, 2.24) is 19.5 Å². The Labute approximate surface area is 414 Å². The van der Waals surface area contributed by atoms with Crippen LogP contribution in [-0.4, -0.2) is 99.6 Å². The third-order valence-electron chi connectivity index (χ3n) is 11.3. The first-order valence-electron chi connectivity index (χ1n) is 22.8. The highest BCUT2D eigenvalue weighted by atomic mass is 32.2. The van der Waals surface area contributed by atoms with E-state index in [1.807, 2.05) is 13.8 Å². The second-order valence-electron chi connectivity index (χ2n) is 21.1. The molecule has 5 atom stereocenters. The quantitative estimate of drug-likeness (QED) is 0.0585. The maximum Gasteiger partial charge on any atom is 0.408 e. The Morgan fingerprint density at radius 3 is 1.30 bits per heavy atom. The molecule has 0 spiro atoms. The predicted molar refractivity (Wildman–Crippen MR) is 266 cm³/mol. The van der Waals surface area contributed by atoms with Crippen molar-refractivity contribution in [2.24, 2.45) is 22.7 Å². The zero-order valence-corrected chi connectivity index (χ0v) is 42.9. The molecule has 22 heteroatoms. The lowest BCUT2D eigenvalue weighted by atomic mass is 9.97. The van der Waals surface area contributed by atoms with E-state index in [0.29, 0.717) is 64.2 Å². The minimum atomic E-state index is -3.62. The number of hydrogen-bond donors (Lipinski definition) is 4. The van der Waals surface area contributed by atoms with Crippen LogP contribution in [0.25, 0.3) is 0 Å². The lowest BCUT2D eigenvalue weighted by Gasteiger charge is -2.23. The second-order valence-corrected chi connectivity index (χ2v) is 27.0. The summed E-state index contributed by atoms with van der Waals surface area (Å²) in [7, 11) is -10.8. The lowest BCUT2D eigenvalue weighted by Crippen LogP contribution is -2.50. The fourth-order valence-corrected chi connectivity index (χ4v) is 11.2. The summed E-state index contributed by atoms with van der Waals surface area (Å²) in [6.07, 6.45) is 7.73. The monoisotopic (exact) mass is 1040 g/mol. The summed E-state index contributed by atoms with van der Waals surface area (Å²) in [6, 6.07) is -0.914. The molecule has 0 heterocycles. The largest absolute Gasteiger partial charge is 0.460 e. The third-order valence-corrected chi connectivity index (χ3v) is 16.7. The van der Waals surface area contributed by atoms with Crippen molar-refractivity contribution in [2.45, 2.75) is 227 Å². The van der Waals surface area contributed by atoms with Crippen LogP contribution in [0.2, 0.25) is 0 Å². The van der Waals surface area contributed by atoms with Crippen molar-refractivity contribution in [2.75, 3.05) is 0 Å². The van der Waals surface area contributed by atoms with Gasteiger partial charge in [-0.05, 0) is 132 Å². The normalized spacial score (nSPS) is 23.2. The van der Waals surface area contributed by atoms with E-state index in [1.165, 1.54) is 0 Å². The molecule has 4 N–H and O–H groups in total. The van der Waals surface area contributed by atoms with Gasteiger partial charge in [0.15, 0.2) is 0 Å². The number of esters is 2. The fraction of sp³-hybridized carbons (Fsp3) is 0.830. The van der Waals surface area contributed by atoms with Crippen LogP contribution in [0.3, 0.4) is 0 Å². The standard InChI is InChI=1S/C15H25NO5S.C15H23NO5S.C14H26N2O5S.3CH4/c2*1-5-10-8-15(10,9-12(17)21-14(2,3)4)13(18)16-22(19,20)11-6-7-11;1-5-6-7-11(15-13(18)21-14(2,3)4)12(17)16-22(19,20)10-8-9-10;;;/h10-11H,5-9H2,1-4H3,(H,16,18);5,10-11H,1,6-9H2,2-4H3,(H,16,18);10-11H,5-9H2,1-4H3,(H,15,18)(H,16,17);3*1H4/t2*10-,15+;;;;/m00..../s1. The van der Waals surface area contributed by atoms with Gasteiger partial charge in [0.1, 0.15) is 22.8 Å². The number of hydrogen-bond acceptors (Lipinski definition) is 15. The summed E-state index contributed by atoms with van der Waals surface area (Å²) in [5.41, 5.74) is -3.90. The zero-order valence-electron chi connectivity index (χ0n) is 40.5. The molecule has 0 aromatic heterocycles. The molecular formula is C47H86N4O15S3. The molecular weight excluding hydrogens is 957 g/mol. The van der Waals surface area contributed by atoms with Gasteiger partial charge in [0.05, 0.1) is 39.4 Å². The van der Waals surface area contributed by atoms with Gasteiger partial charge in [-0.15, -0.1) is 6.58 Å². The molecule has 69 heavy (non-hydrogen) atoms. The van der Waals surface area contributed by atoms with Gasteiger partial charge in [0.2, 0.25) is 41.9 Å². The molecule has 5 rings (SSSR count). The molecule has 0 aromatic carbocycles. The number of carbonyl (C=O) groups is 6. The smallest absolute Gasteiger partial charge is 0.408 e. The number of amides is 4. The summed E-state index contributed by atoms with van der Waals surface area (Å²) in [4.78, 5) is 72.8. The highest BCUT2D eigenvalue weighted by Crippen LogP contribution is 2.58. The molecule has 5 aliphatic carbocycles. The molecule has 19 nitrogen and oxygen atoms in total. The van der Waals surface area contributed by atoms with E-state index in [0.717, 1.165) is 12.8 Å². The van der Waals surface area contributed by atoms with Crippen molar-refractivity contribution in [3.63, 3.8) is 0 Å². The van der Waals surface area contributed by atoms with E-state index in [2.05, 4.69) is 26.1 Å². The second kappa shape index (κ2) is 24.6. The van der Waals surface area contributed by atoms with Crippen molar-refractivity contribution in [3.8, 4) is 0 Å². The van der Waals surface area contributed by atoms with Crippen molar-refractivity contribution in [3.05, 3.63) is 12.7 Å². The van der Waals surface area contributed by atoms with Crippen molar-refractivity contribution < 1.29 is 68.2 Å². The van der Waals surface area contributed by atoms with Crippen LogP contribution in [0.4, 0.5) is 4.79 Å². The SMILES string of the molecule is C.C.C.C=C[C@H]1C[C@]1(CC(=O)OC(C)(C)C)C(=O)NS(=O)(=O)C1CC1.CCCCC(NC(=O)OC(C)(C)C)C(=O)NS(=O)(=O)C1CC1.CC[C@H]1C[C@]1(CC(=O)OC(C)(C)C)C(=O)NS(=O)(=O)C1CC1. The summed E-state index contributed by atoms with van der Waals surface area (Å²) < 4.78 is 93.3. The van der Waals surface area contributed by atoms with Gasteiger partial charge < -0.3 is 19.5 Å². The van der Waals surface area contributed by atoms with Crippen LogP contribution >= 0.6 is 0 Å². The zero-order chi connectivity index (χ0) is 50.5. The van der Waals surface area contributed by atoms with Gasteiger partial charge in [-0.3, -0.25) is 38.1 Å². The van der Waals surface area contributed by atoms with Crippen LogP contribution in [0.5, 0.6) is 0 Å². The Hall–Kier alpha value is -3.79. The van der Waals surface area contributed by atoms with Crippen LogP contribution in [0.15, 0.2) is 12.7 Å². The Morgan fingerprint density at radius 2 is 0.986 bits per heavy atom. The molecule has 5 saturated carbocycles. The van der Waals surface area contributed by atoms with Crippen molar-refractivity contribution in [1.29, 1.82) is 0 Å². The molecule has 1 unspecified atom stereocenters. The van der Waals surface area contributed by atoms with Gasteiger partial charge in [0, 0.05) is 0 Å². The minimum Gasteiger partial charge on any atom is -0.460 e. The maximum atomic E-state index is 12.4. The first kappa shape index (κ1) is 65.2. The Morgan fingerprint density at radius 1 is 0.609 bits per heavy atom. The molecule has 0 radical (unpaired) electrons. The highest BCUT2D eigenvalue weighted by Gasteiger charge is 2.62. The molecule has 0 aliphatic heterocycles. The van der Waals surface area contributed by atoms with E-state index in [1.54, 1.807) is 68.4 Å². The number of alkyl carbamates (subject to hydrolysis) is 1. The molecule has 4 amide bonds. The Balaban J connectivity index is 0.000000984. The molecule has 402 valence electrons. The van der Waals surface area contributed by atoms with E-state index in [4.69, 9.17) is 14.2 Å². The average molecular weight is 1040 g/mol. The van der Waals surface area contributed by atoms with Gasteiger partial charge in [0.25, 0.3) is 5.91 Å². The third kappa shape index (κ3) is 20.8. The van der Waals surface area contributed by atoms with Gasteiger partial charge >= 0.3 is 18.0 Å². The van der Waals surface area contributed by atoms with Crippen LogP contribution in [0, 0.1) is 22.7 Å². The molecule has 5 fully saturated rings. The number of allylic oxidation sites excluding steroid dienone is 1. The lowest BCUT2D eigenvalue weighted by molar-refractivity contribution is -0.158. The summed E-state index contributed by atoms with van der Waals surface area (Å²) >= 11 is 0. The van der Waals surface area contributed by atoms with E-state index >= 15 is 0 Å². The predicted octanol–water partition coefficient (Wildman–Crippen LogP) is 6.85. The van der Waals surface area contributed by atoms with Crippen LogP contribution in [-0.2, 0) is 68.3 Å². The first-order valence-corrected chi connectivity index (χ1v) is 27.4. The fourth-order valence-electron chi connectivity index (χ4n) is 7.13. The average Bonchev–Trinajstić information content (AvgIpc) is 3.93. The highest BCUT2D eigenvalue weighted by molar-refractivity contribution is 7.91. The number of unbranched alkanes of at least 4 members (excludes halogenated alkanes) is 1. The van der Waals surface area contributed by atoms with Gasteiger partial charge in [-0.25, -0.2) is 30.0 Å². The number of nitrogens with one attached hydrogen (secondary N) is 4. The summed E-state index contributed by atoms with van der Waals surface area (Å²) in [5.74, 6) is -2.99. The Kier molecular flexibility index (Phi) is 23.2. The topological polar surface area (TPSA) is 281 Å².